The minimum atomic E-state index is -0.922. The van der Waals surface area contributed by atoms with Gasteiger partial charge in [-0.05, 0) is 46.5 Å². The zero-order valence-electron chi connectivity index (χ0n) is 22.5. The largest absolute Gasteiger partial charge is 0.493 e. The molecule has 3 aromatic carbocycles. The fourth-order valence-electron chi connectivity index (χ4n) is 5.75. The zero-order valence-corrected chi connectivity index (χ0v) is 22.5. The van der Waals surface area contributed by atoms with Crippen molar-refractivity contribution >= 4 is 11.9 Å². The van der Waals surface area contributed by atoms with E-state index in [2.05, 4.69) is 0 Å². The fourth-order valence-corrected chi connectivity index (χ4v) is 5.75. The Balaban J connectivity index is 1.35. The quantitative estimate of drug-likeness (QED) is 0.236. The summed E-state index contributed by atoms with van der Waals surface area (Å²) in [5, 5.41) is 11.2. The molecule has 2 heterocycles. The molecule has 3 aromatic rings. The monoisotopic (exact) mass is 560 g/mol. The molecule has 41 heavy (non-hydrogen) atoms. The average molecular weight is 561 g/mol. The molecule has 2 aliphatic heterocycles. The highest BCUT2D eigenvalue weighted by atomic mass is 16.7. The lowest BCUT2D eigenvalue weighted by Crippen LogP contribution is -2.34. The molecule has 212 valence electrons. The minimum Gasteiger partial charge on any atom is -0.493 e. The standard InChI is InChI=1S/C31H28O10/c1-35-25-8-18(9-26(36-2)30(25)41-19(12-32)14-37-13-17-6-4-3-5-7-17)27-20-10-23-24(40-16-39-23)11-21(20)29(33)22-15-38-31(34)28(22)27/h3-11,22,27-29,33H,13-16H2,1-2H3/t22-,27?,28-,29+/m0/s1. The van der Waals surface area contributed by atoms with E-state index in [9.17, 15) is 14.7 Å². The maximum atomic E-state index is 13.0. The number of carbonyl (C=O) groups is 1. The molecule has 0 aromatic heterocycles. The van der Waals surface area contributed by atoms with Crippen molar-refractivity contribution in [3.8, 4) is 28.7 Å². The summed E-state index contributed by atoms with van der Waals surface area (Å²) < 4.78 is 39.4. The summed E-state index contributed by atoms with van der Waals surface area (Å²) in [6, 6.07) is 16.5. The Bertz CT molecular complexity index is 1490. The van der Waals surface area contributed by atoms with Gasteiger partial charge in [-0.15, -0.1) is 0 Å². The molecule has 6 rings (SSSR count). The van der Waals surface area contributed by atoms with Crippen LogP contribution in [-0.4, -0.2) is 51.2 Å². The summed E-state index contributed by atoms with van der Waals surface area (Å²) in [6.07, 6.45) is -0.922. The van der Waals surface area contributed by atoms with Crippen LogP contribution in [0.1, 0.15) is 34.3 Å². The molecule has 1 aliphatic carbocycles. The second-order valence-corrected chi connectivity index (χ2v) is 9.94. The van der Waals surface area contributed by atoms with E-state index in [1.165, 1.54) is 14.2 Å². The van der Waals surface area contributed by atoms with Gasteiger partial charge in [0.25, 0.3) is 0 Å². The van der Waals surface area contributed by atoms with Crippen LogP contribution >= 0.6 is 0 Å². The third-order valence-corrected chi connectivity index (χ3v) is 7.67. The summed E-state index contributed by atoms with van der Waals surface area (Å²) in [7, 11) is 2.93. The Morgan fingerprint density at radius 1 is 0.976 bits per heavy atom. The maximum Gasteiger partial charge on any atom is 0.310 e. The van der Waals surface area contributed by atoms with E-state index in [4.69, 9.17) is 33.2 Å². The van der Waals surface area contributed by atoms with Gasteiger partial charge in [-0.3, -0.25) is 4.79 Å². The smallest absolute Gasteiger partial charge is 0.310 e. The van der Waals surface area contributed by atoms with Gasteiger partial charge in [0.1, 0.15) is 6.61 Å². The lowest BCUT2D eigenvalue weighted by atomic mass is 9.66. The number of ether oxygens (including phenoxy) is 7. The summed E-state index contributed by atoms with van der Waals surface area (Å²) in [6.45, 7) is 0.333. The normalized spacial score (nSPS) is 21.8. The molecule has 1 unspecified atom stereocenters. The lowest BCUT2D eigenvalue weighted by molar-refractivity contribution is -0.141. The summed E-state index contributed by atoms with van der Waals surface area (Å²) in [5.41, 5.74) is 2.96. The zero-order chi connectivity index (χ0) is 28.5. The topological polar surface area (TPSA) is 119 Å². The van der Waals surface area contributed by atoms with Crippen molar-refractivity contribution in [1.82, 2.24) is 0 Å². The van der Waals surface area contributed by atoms with Crippen molar-refractivity contribution < 1.29 is 47.9 Å². The molecule has 0 spiro atoms. The molecule has 0 bridgehead atoms. The van der Waals surface area contributed by atoms with Gasteiger partial charge in [0, 0.05) is 11.8 Å². The van der Waals surface area contributed by atoms with Crippen LogP contribution in [0.5, 0.6) is 28.7 Å². The highest BCUT2D eigenvalue weighted by Crippen LogP contribution is 2.55. The van der Waals surface area contributed by atoms with Crippen LogP contribution in [0.2, 0.25) is 0 Å². The fraction of sp³-hybridized carbons (Fsp3) is 0.323. The van der Waals surface area contributed by atoms with Gasteiger partial charge >= 0.3 is 5.97 Å². The Morgan fingerprint density at radius 3 is 2.32 bits per heavy atom. The van der Waals surface area contributed by atoms with Crippen molar-refractivity contribution in [2.45, 2.75) is 18.6 Å². The Morgan fingerprint density at radius 2 is 1.66 bits per heavy atom. The summed E-state index contributed by atoms with van der Waals surface area (Å²) >= 11 is 0. The van der Waals surface area contributed by atoms with E-state index in [1.807, 2.05) is 30.3 Å². The molecule has 1 N–H and O–H groups in total. The number of aliphatic hydroxyl groups excluding tert-OH is 1. The average Bonchev–Trinajstić information content (AvgIpc) is 3.63. The van der Waals surface area contributed by atoms with Gasteiger partial charge in [0.2, 0.25) is 18.3 Å². The molecule has 10 nitrogen and oxygen atoms in total. The van der Waals surface area contributed by atoms with Crippen LogP contribution in [0.3, 0.4) is 0 Å². The summed E-state index contributed by atoms with van der Waals surface area (Å²) in [4.78, 5) is 24.7. The van der Waals surface area contributed by atoms with Crippen molar-refractivity contribution in [1.29, 1.82) is 0 Å². The van der Waals surface area contributed by atoms with E-state index < -0.39 is 29.8 Å². The molecular formula is C31H28O10. The minimum absolute atomic E-state index is 0.0726. The number of methoxy groups -OCH3 is 2. The van der Waals surface area contributed by atoms with Gasteiger partial charge in [-0.1, -0.05) is 30.3 Å². The molecule has 0 radical (unpaired) electrons. The number of cyclic esters (lactones) is 1. The number of fused-ring (bicyclic) bond motifs is 3. The first-order valence-corrected chi connectivity index (χ1v) is 13.1. The first-order chi connectivity index (χ1) is 20.0. The number of benzene rings is 3. The van der Waals surface area contributed by atoms with Crippen LogP contribution in [0.25, 0.3) is 0 Å². The number of hydrogen-bond donors (Lipinski definition) is 1. The number of hydrogen-bond acceptors (Lipinski definition) is 10. The number of aliphatic hydroxyl groups is 1. The van der Waals surface area contributed by atoms with Gasteiger partial charge in [-0.25, -0.2) is 4.79 Å². The number of carbonyl (C=O) groups excluding carboxylic acids is 2. The van der Waals surface area contributed by atoms with Crippen molar-refractivity contribution in [3.63, 3.8) is 0 Å². The van der Waals surface area contributed by atoms with E-state index >= 15 is 0 Å². The highest BCUT2D eigenvalue weighted by Gasteiger charge is 2.52. The van der Waals surface area contributed by atoms with E-state index in [0.29, 0.717) is 28.2 Å². The number of rotatable bonds is 9. The molecule has 3 aliphatic rings. The van der Waals surface area contributed by atoms with Crippen LogP contribution in [0, 0.1) is 11.8 Å². The van der Waals surface area contributed by atoms with Gasteiger partial charge in [-0.2, -0.15) is 0 Å². The van der Waals surface area contributed by atoms with E-state index in [0.717, 1.165) is 5.56 Å². The molecule has 10 heteroatoms. The van der Waals surface area contributed by atoms with Crippen LogP contribution < -0.4 is 23.7 Å². The van der Waals surface area contributed by atoms with E-state index in [1.54, 1.807) is 30.2 Å². The lowest BCUT2D eigenvalue weighted by Gasteiger charge is -2.37. The highest BCUT2D eigenvalue weighted by molar-refractivity contribution is 5.79. The Labute approximate surface area is 235 Å². The second-order valence-electron chi connectivity index (χ2n) is 9.94. The van der Waals surface area contributed by atoms with Gasteiger partial charge < -0.3 is 38.3 Å². The van der Waals surface area contributed by atoms with E-state index in [-0.39, 0.29) is 49.6 Å². The SMILES string of the molecule is COc1cc(C2c3cc4c(cc3[C@@H](O)[C@H]3COC(=O)[C@H]23)OCO4)cc(OC)c1OC(=C=O)COCc1ccccc1. The maximum absolute atomic E-state index is 13.0. The molecule has 4 atom stereocenters. The predicted octanol–water partition coefficient (Wildman–Crippen LogP) is 3.71. The third kappa shape index (κ3) is 4.86. The predicted molar refractivity (Wildman–Crippen MR) is 143 cm³/mol. The van der Waals surface area contributed by atoms with Gasteiger partial charge in [0.15, 0.2) is 28.9 Å². The molecule has 0 saturated carbocycles. The first kappa shape index (κ1) is 26.7. The van der Waals surface area contributed by atoms with Crippen LogP contribution in [-0.2, 0) is 25.7 Å². The first-order valence-electron chi connectivity index (χ1n) is 13.1. The van der Waals surface area contributed by atoms with Crippen LogP contribution in [0.4, 0.5) is 0 Å². The van der Waals surface area contributed by atoms with Crippen molar-refractivity contribution in [2.24, 2.45) is 11.8 Å². The summed E-state index contributed by atoms with van der Waals surface area (Å²) in [5.74, 6) is 1.42. The Kier molecular flexibility index (Phi) is 7.28. The number of esters is 1. The second kappa shape index (κ2) is 11.2. The van der Waals surface area contributed by atoms with Crippen molar-refractivity contribution in [3.05, 3.63) is 82.6 Å². The molecular weight excluding hydrogens is 532 g/mol. The Hall–Kier alpha value is -4.50. The molecule has 1 fully saturated rings. The molecule has 0 amide bonds. The third-order valence-electron chi connectivity index (χ3n) is 7.67. The molecule has 1 saturated heterocycles. The van der Waals surface area contributed by atoms with Crippen LogP contribution in [0.15, 0.2) is 60.4 Å². The van der Waals surface area contributed by atoms with Crippen molar-refractivity contribution in [2.75, 3.05) is 34.2 Å². The van der Waals surface area contributed by atoms with Gasteiger partial charge in [0.05, 0.1) is 39.5 Å².